The maximum Gasteiger partial charge on any atom is 0.261 e. The van der Waals surface area contributed by atoms with Crippen molar-refractivity contribution in [1.29, 1.82) is 0 Å². The molecule has 8 nitrogen and oxygen atoms in total. The maximum atomic E-state index is 12.9. The number of rotatable bonds is 8. The van der Waals surface area contributed by atoms with Gasteiger partial charge in [-0.15, -0.1) is 0 Å². The largest absolute Gasteiger partial charge is 0.497 e. The number of hydrogen-bond acceptors (Lipinski definition) is 5. The van der Waals surface area contributed by atoms with Crippen molar-refractivity contribution in [3.63, 3.8) is 0 Å². The number of allylic oxidation sites excluding steroid dienone is 5. The summed E-state index contributed by atoms with van der Waals surface area (Å²) < 4.78 is 7.22. The first-order valence-electron chi connectivity index (χ1n) is 10.0. The van der Waals surface area contributed by atoms with Gasteiger partial charge < -0.3 is 9.30 Å². The Balaban J connectivity index is 1.76. The Bertz CT molecular complexity index is 1240. The molecule has 2 aromatic carbocycles. The molecule has 4 rings (SSSR count). The number of ether oxygens (including phenoxy) is 1. The second-order valence-electron chi connectivity index (χ2n) is 7.20. The lowest BCUT2D eigenvalue weighted by atomic mass is 10.1. The number of aromatic nitrogens is 2. The van der Waals surface area contributed by atoms with E-state index < -0.39 is 0 Å². The molecule has 0 fully saturated rings. The van der Waals surface area contributed by atoms with Crippen LogP contribution in [0.15, 0.2) is 79.0 Å². The van der Waals surface area contributed by atoms with Gasteiger partial charge in [-0.25, -0.2) is 10.2 Å². The minimum absolute atomic E-state index is 0.00451. The van der Waals surface area contributed by atoms with E-state index in [1.54, 1.807) is 61.7 Å². The number of benzene rings is 2. The highest BCUT2D eigenvalue weighted by Gasteiger charge is 2.36. The molecule has 2 heterocycles. The molecule has 1 aromatic heterocycles. The third-order valence-corrected chi connectivity index (χ3v) is 5.28. The van der Waals surface area contributed by atoms with E-state index in [9.17, 15) is 14.8 Å². The number of methoxy groups -OCH3 is 1. The Labute approximate surface area is 184 Å². The smallest absolute Gasteiger partial charge is 0.261 e. The summed E-state index contributed by atoms with van der Waals surface area (Å²) in [5.41, 5.74) is 3.86. The molecule has 2 amide bonds. The van der Waals surface area contributed by atoms with E-state index >= 15 is 0 Å². The van der Waals surface area contributed by atoms with E-state index in [2.05, 4.69) is 11.6 Å². The van der Waals surface area contributed by atoms with Gasteiger partial charge in [-0.1, -0.05) is 36.9 Å². The zero-order valence-electron chi connectivity index (χ0n) is 17.6. The number of hydrogen-bond donors (Lipinski definition) is 2. The zero-order chi connectivity index (χ0) is 22.7. The zero-order valence-corrected chi connectivity index (χ0v) is 17.6. The number of imide groups is 1. The molecular formula is C24H23N4O4+. The molecule has 0 radical (unpaired) electrons. The molecule has 1 aliphatic heterocycles. The van der Waals surface area contributed by atoms with Crippen LogP contribution in [-0.4, -0.2) is 38.6 Å². The highest BCUT2D eigenvalue weighted by Crippen LogP contribution is 2.27. The first-order chi connectivity index (χ1) is 15.6. The molecule has 1 aliphatic rings. The van der Waals surface area contributed by atoms with Gasteiger partial charge in [0, 0.05) is 6.07 Å². The first kappa shape index (κ1) is 21.2. The topological polar surface area (TPSA) is 101 Å². The van der Waals surface area contributed by atoms with Crippen molar-refractivity contribution < 1.29 is 25.0 Å². The van der Waals surface area contributed by atoms with Crippen molar-refractivity contribution >= 4 is 22.8 Å². The van der Waals surface area contributed by atoms with E-state index in [1.165, 1.54) is 4.90 Å². The number of quaternary nitrogens is 1. The fraction of sp³-hybridized carbons (Fsp3) is 0.125. The fourth-order valence-corrected chi connectivity index (χ4v) is 3.68. The minimum atomic E-state index is -0.347. The number of nitrogens with two attached hydrogens (primary N) is 1. The monoisotopic (exact) mass is 431 g/mol. The third kappa shape index (κ3) is 3.84. The molecule has 0 saturated heterocycles. The quantitative estimate of drug-likeness (QED) is 0.324. The Morgan fingerprint density at radius 2 is 1.88 bits per heavy atom. The Morgan fingerprint density at radius 3 is 2.50 bits per heavy atom. The number of amides is 2. The number of carbonyl (C=O) groups is 2. The van der Waals surface area contributed by atoms with Gasteiger partial charge in [-0.05, 0) is 30.3 Å². The van der Waals surface area contributed by atoms with Crippen LogP contribution in [0.25, 0.3) is 11.0 Å². The normalized spacial score (nSPS) is 13.9. The van der Waals surface area contributed by atoms with E-state index in [-0.39, 0.29) is 24.9 Å². The molecule has 0 saturated carbocycles. The standard InChI is InChI=1S/C24H22N4O4/c1-3-4-5-8-16(26-31)14-27-21-13-17(32-2)11-12-20(21)25-22(27)15-28-23(29)18-9-6-7-10-19(18)24(28)30/h3-13,26,31H,1,14-15H2,2H3/p+1/b5-4-,16-8-. The van der Waals surface area contributed by atoms with Crippen LogP contribution in [0.3, 0.4) is 0 Å². The Morgan fingerprint density at radius 1 is 1.16 bits per heavy atom. The highest BCUT2D eigenvalue weighted by molar-refractivity contribution is 6.21. The summed E-state index contributed by atoms with van der Waals surface area (Å²) in [6, 6.07) is 12.2. The molecule has 0 aliphatic carbocycles. The third-order valence-electron chi connectivity index (χ3n) is 5.28. The summed E-state index contributed by atoms with van der Waals surface area (Å²) in [4.78, 5) is 31.6. The van der Waals surface area contributed by atoms with Crippen LogP contribution < -0.4 is 10.2 Å². The summed E-state index contributed by atoms with van der Waals surface area (Å²) in [5, 5.41) is 9.74. The second-order valence-corrected chi connectivity index (χ2v) is 7.20. The predicted molar refractivity (Wildman–Crippen MR) is 118 cm³/mol. The van der Waals surface area contributed by atoms with Crippen LogP contribution in [-0.2, 0) is 13.1 Å². The van der Waals surface area contributed by atoms with E-state index in [1.807, 2.05) is 16.7 Å². The average Bonchev–Trinajstić information content (AvgIpc) is 3.28. The lowest BCUT2D eigenvalue weighted by molar-refractivity contribution is -0.852. The van der Waals surface area contributed by atoms with Crippen LogP contribution in [0, 0.1) is 0 Å². The van der Waals surface area contributed by atoms with Crippen LogP contribution in [0.5, 0.6) is 5.75 Å². The molecule has 8 heteroatoms. The molecule has 0 unspecified atom stereocenters. The number of carbonyl (C=O) groups excluding carboxylic acids is 2. The molecule has 162 valence electrons. The molecular weight excluding hydrogens is 408 g/mol. The SMILES string of the molecule is C=C/C=C\C=C(\Cn1c(CN2C(=O)c3ccccc3C2=O)nc2ccc(OC)cc21)[NH2+]O. The number of imidazole rings is 1. The number of nitrogens with zero attached hydrogens (tertiary/aromatic N) is 3. The average molecular weight is 431 g/mol. The maximum absolute atomic E-state index is 12.9. The summed E-state index contributed by atoms with van der Waals surface area (Å²) in [6.07, 6.45) is 6.90. The minimum Gasteiger partial charge on any atom is -0.497 e. The van der Waals surface area contributed by atoms with Crippen molar-refractivity contribution in [2.75, 3.05) is 7.11 Å². The molecule has 0 bridgehead atoms. The van der Waals surface area contributed by atoms with E-state index in [0.717, 1.165) is 11.0 Å². The van der Waals surface area contributed by atoms with E-state index in [4.69, 9.17) is 4.74 Å². The second kappa shape index (κ2) is 9.01. The van der Waals surface area contributed by atoms with Crippen molar-refractivity contribution in [3.05, 3.63) is 96.0 Å². The summed E-state index contributed by atoms with van der Waals surface area (Å²) >= 11 is 0. The fourth-order valence-electron chi connectivity index (χ4n) is 3.68. The van der Waals surface area contributed by atoms with Gasteiger partial charge in [0.25, 0.3) is 11.8 Å². The van der Waals surface area contributed by atoms with Crippen molar-refractivity contribution in [1.82, 2.24) is 14.5 Å². The van der Waals surface area contributed by atoms with Crippen molar-refractivity contribution in [3.8, 4) is 5.75 Å². The molecule has 3 N–H and O–H groups in total. The lowest BCUT2D eigenvalue weighted by Crippen LogP contribution is -2.79. The molecule has 3 aromatic rings. The van der Waals surface area contributed by atoms with Crippen LogP contribution >= 0.6 is 0 Å². The lowest BCUT2D eigenvalue weighted by Gasteiger charge is -2.15. The summed E-state index contributed by atoms with van der Waals surface area (Å²) in [6.45, 7) is 3.92. The Kier molecular flexibility index (Phi) is 5.98. The van der Waals surface area contributed by atoms with Gasteiger partial charge in [0.1, 0.15) is 18.1 Å². The van der Waals surface area contributed by atoms with Gasteiger partial charge in [-0.2, -0.15) is 5.48 Å². The summed E-state index contributed by atoms with van der Waals surface area (Å²) in [7, 11) is 1.58. The Hall–Kier alpha value is -4.01. The first-order valence-corrected chi connectivity index (χ1v) is 10.0. The van der Waals surface area contributed by atoms with Gasteiger partial charge >= 0.3 is 0 Å². The van der Waals surface area contributed by atoms with Crippen molar-refractivity contribution in [2.24, 2.45) is 0 Å². The molecule has 32 heavy (non-hydrogen) atoms. The van der Waals surface area contributed by atoms with Gasteiger partial charge in [0.2, 0.25) is 0 Å². The van der Waals surface area contributed by atoms with Gasteiger partial charge in [0.05, 0.1) is 35.8 Å². The van der Waals surface area contributed by atoms with E-state index in [0.29, 0.717) is 33.9 Å². The van der Waals surface area contributed by atoms with Gasteiger partial charge in [-0.3, -0.25) is 14.5 Å². The number of fused-ring (bicyclic) bond motifs is 2. The summed E-state index contributed by atoms with van der Waals surface area (Å²) in [5.74, 6) is 0.472. The molecule has 0 atom stereocenters. The van der Waals surface area contributed by atoms with Crippen LogP contribution in [0.4, 0.5) is 0 Å². The van der Waals surface area contributed by atoms with Crippen molar-refractivity contribution in [2.45, 2.75) is 13.1 Å². The number of hydroxylamine groups is 1. The van der Waals surface area contributed by atoms with Gasteiger partial charge in [0.15, 0.2) is 5.70 Å². The molecule has 0 spiro atoms. The van der Waals surface area contributed by atoms with Crippen LogP contribution in [0.2, 0.25) is 0 Å². The highest BCUT2D eigenvalue weighted by atomic mass is 16.5. The van der Waals surface area contributed by atoms with Crippen LogP contribution in [0.1, 0.15) is 26.5 Å². The predicted octanol–water partition coefficient (Wildman–Crippen LogP) is 2.42.